The molecule has 0 aliphatic carbocycles. The average molecular weight is 214 g/mol. The van der Waals surface area contributed by atoms with Crippen LogP contribution in [-0.4, -0.2) is 15.9 Å². The summed E-state index contributed by atoms with van der Waals surface area (Å²) in [6.07, 6.45) is 3.11. The molecule has 0 unspecified atom stereocenters. The lowest BCUT2D eigenvalue weighted by Crippen LogP contribution is -2.16. The van der Waals surface area contributed by atoms with Crippen LogP contribution in [0.5, 0.6) is 0 Å². The summed E-state index contributed by atoms with van der Waals surface area (Å²) in [5, 5.41) is 2.61. The number of nitrogen functional groups attached to an aromatic ring is 1. The molecule has 0 spiro atoms. The number of nitrogens with one attached hydrogen (secondary N) is 1. The van der Waals surface area contributed by atoms with Crippen molar-refractivity contribution in [2.24, 2.45) is 0 Å². The van der Waals surface area contributed by atoms with E-state index in [2.05, 4.69) is 15.3 Å². The Morgan fingerprint density at radius 2 is 1.94 bits per heavy atom. The Hall–Kier alpha value is -2.43. The molecular formula is C11H10N4O. The summed E-state index contributed by atoms with van der Waals surface area (Å²) < 4.78 is 0. The fourth-order valence-electron chi connectivity index (χ4n) is 1.22. The molecule has 2 rings (SSSR count). The number of hydrogen-bond acceptors (Lipinski definition) is 4. The van der Waals surface area contributed by atoms with Gasteiger partial charge in [0.05, 0.1) is 5.69 Å². The van der Waals surface area contributed by atoms with Gasteiger partial charge in [0.25, 0.3) is 5.91 Å². The molecule has 2 aromatic rings. The number of pyridine rings is 2. The van der Waals surface area contributed by atoms with E-state index in [9.17, 15) is 4.79 Å². The molecule has 0 fully saturated rings. The van der Waals surface area contributed by atoms with Gasteiger partial charge in [0.15, 0.2) is 5.69 Å². The third-order valence-electron chi connectivity index (χ3n) is 1.96. The number of anilines is 2. The first-order chi connectivity index (χ1) is 7.77. The predicted octanol–water partition coefficient (Wildman–Crippen LogP) is 1.31. The molecule has 80 valence electrons. The minimum absolute atomic E-state index is 0.202. The number of carbonyl (C=O) groups excluding carboxylic acids is 1. The summed E-state index contributed by atoms with van der Waals surface area (Å²) in [5.74, 6) is 0.106. The Morgan fingerprint density at radius 1 is 1.12 bits per heavy atom. The first-order valence-corrected chi connectivity index (χ1v) is 4.70. The summed E-state index contributed by atoms with van der Waals surface area (Å²) in [5.41, 5.74) is 6.18. The second-order valence-corrected chi connectivity index (χ2v) is 3.11. The van der Waals surface area contributed by atoms with Crippen molar-refractivity contribution < 1.29 is 4.79 Å². The summed E-state index contributed by atoms with van der Waals surface area (Å²) >= 11 is 0. The van der Waals surface area contributed by atoms with Crippen molar-refractivity contribution in [1.29, 1.82) is 0 Å². The summed E-state index contributed by atoms with van der Waals surface area (Å²) in [4.78, 5) is 19.6. The lowest BCUT2D eigenvalue weighted by atomic mass is 10.3. The highest BCUT2D eigenvalue weighted by Gasteiger charge is 2.10. The Kier molecular flexibility index (Phi) is 2.77. The number of amides is 1. The van der Waals surface area contributed by atoms with Gasteiger partial charge in [-0.05, 0) is 24.3 Å². The Balaban J connectivity index is 2.19. The van der Waals surface area contributed by atoms with E-state index >= 15 is 0 Å². The van der Waals surface area contributed by atoms with Gasteiger partial charge in [-0.15, -0.1) is 0 Å². The summed E-state index contributed by atoms with van der Waals surface area (Å²) in [6, 6.07) is 8.54. The van der Waals surface area contributed by atoms with Gasteiger partial charge in [-0.2, -0.15) is 0 Å². The van der Waals surface area contributed by atoms with E-state index in [-0.39, 0.29) is 11.6 Å². The lowest BCUT2D eigenvalue weighted by Gasteiger charge is -2.04. The van der Waals surface area contributed by atoms with E-state index in [4.69, 9.17) is 5.73 Å². The summed E-state index contributed by atoms with van der Waals surface area (Å²) in [7, 11) is 0. The molecule has 0 saturated carbocycles. The molecule has 2 heterocycles. The first kappa shape index (κ1) is 10.1. The van der Waals surface area contributed by atoms with Gasteiger partial charge in [0.1, 0.15) is 5.82 Å². The van der Waals surface area contributed by atoms with Crippen molar-refractivity contribution in [2.45, 2.75) is 0 Å². The highest BCUT2D eigenvalue weighted by molar-refractivity contribution is 6.05. The monoisotopic (exact) mass is 214 g/mol. The van der Waals surface area contributed by atoms with Crippen molar-refractivity contribution in [3.63, 3.8) is 0 Å². The molecular weight excluding hydrogens is 204 g/mol. The van der Waals surface area contributed by atoms with Gasteiger partial charge < -0.3 is 11.1 Å². The number of rotatable bonds is 2. The SMILES string of the molecule is Nc1cccnc1C(=O)Nc1ccccn1. The van der Waals surface area contributed by atoms with Gasteiger partial charge in [0, 0.05) is 12.4 Å². The van der Waals surface area contributed by atoms with Crippen LogP contribution in [0.3, 0.4) is 0 Å². The van der Waals surface area contributed by atoms with E-state index in [1.165, 1.54) is 6.20 Å². The minimum Gasteiger partial charge on any atom is -0.397 e. The standard InChI is InChI=1S/C11H10N4O/c12-8-4-3-7-14-10(8)11(16)15-9-5-1-2-6-13-9/h1-7H,12H2,(H,13,15,16). The highest BCUT2D eigenvalue weighted by Crippen LogP contribution is 2.09. The van der Waals surface area contributed by atoms with Crippen molar-refractivity contribution in [1.82, 2.24) is 9.97 Å². The zero-order valence-electron chi connectivity index (χ0n) is 8.42. The highest BCUT2D eigenvalue weighted by atomic mass is 16.1. The predicted molar refractivity (Wildman–Crippen MR) is 60.8 cm³/mol. The fraction of sp³-hybridized carbons (Fsp3) is 0. The molecule has 0 aliphatic heterocycles. The molecule has 0 aromatic carbocycles. The van der Waals surface area contributed by atoms with Crippen molar-refractivity contribution in [3.8, 4) is 0 Å². The van der Waals surface area contributed by atoms with Crippen molar-refractivity contribution >= 4 is 17.4 Å². The molecule has 2 aromatic heterocycles. The Morgan fingerprint density at radius 3 is 2.62 bits per heavy atom. The first-order valence-electron chi connectivity index (χ1n) is 4.70. The van der Waals surface area contributed by atoms with E-state index in [1.54, 1.807) is 36.5 Å². The molecule has 0 atom stereocenters. The average Bonchev–Trinajstić information content (AvgIpc) is 2.31. The van der Waals surface area contributed by atoms with Crippen LogP contribution in [0.2, 0.25) is 0 Å². The zero-order valence-corrected chi connectivity index (χ0v) is 8.42. The fourth-order valence-corrected chi connectivity index (χ4v) is 1.22. The minimum atomic E-state index is -0.364. The van der Waals surface area contributed by atoms with Gasteiger partial charge in [-0.3, -0.25) is 4.79 Å². The zero-order chi connectivity index (χ0) is 11.4. The lowest BCUT2D eigenvalue weighted by molar-refractivity contribution is 0.102. The normalized spacial score (nSPS) is 9.75. The maximum absolute atomic E-state index is 11.7. The largest absolute Gasteiger partial charge is 0.397 e. The molecule has 0 radical (unpaired) electrons. The van der Waals surface area contributed by atoms with Gasteiger partial charge in [-0.25, -0.2) is 9.97 Å². The van der Waals surface area contributed by atoms with Crippen LogP contribution in [0.15, 0.2) is 42.7 Å². The smallest absolute Gasteiger partial charge is 0.277 e. The molecule has 5 heteroatoms. The number of hydrogen-bond donors (Lipinski definition) is 2. The van der Waals surface area contributed by atoms with Crippen LogP contribution in [0.1, 0.15) is 10.5 Å². The second kappa shape index (κ2) is 4.39. The van der Waals surface area contributed by atoms with Crippen LogP contribution in [0.4, 0.5) is 11.5 Å². The van der Waals surface area contributed by atoms with Crippen LogP contribution >= 0.6 is 0 Å². The Labute approximate surface area is 92.3 Å². The Bertz CT molecular complexity index is 498. The number of nitrogens with zero attached hydrogens (tertiary/aromatic N) is 2. The number of carbonyl (C=O) groups is 1. The van der Waals surface area contributed by atoms with E-state index in [0.717, 1.165) is 0 Å². The quantitative estimate of drug-likeness (QED) is 0.789. The molecule has 0 saturated heterocycles. The van der Waals surface area contributed by atoms with Crippen molar-refractivity contribution in [2.75, 3.05) is 11.1 Å². The van der Waals surface area contributed by atoms with Gasteiger partial charge in [-0.1, -0.05) is 6.07 Å². The number of aromatic nitrogens is 2. The van der Waals surface area contributed by atoms with Gasteiger partial charge >= 0.3 is 0 Å². The van der Waals surface area contributed by atoms with Crippen LogP contribution < -0.4 is 11.1 Å². The van der Waals surface area contributed by atoms with E-state index in [0.29, 0.717) is 11.5 Å². The van der Waals surface area contributed by atoms with Crippen LogP contribution in [-0.2, 0) is 0 Å². The van der Waals surface area contributed by atoms with Crippen LogP contribution in [0.25, 0.3) is 0 Å². The van der Waals surface area contributed by atoms with Gasteiger partial charge in [0.2, 0.25) is 0 Å². The third-order valence-corrected chi connectivity index (χ3v) is 1.96. The molecule has 0 bridgehead atoms. The van der Waals surface area contributed by atoms with E-state index in [1.807, 2.05) is 0 Å². The maximum atomic E-state index is 11.7. The third kappa shape index (κ3) is 2.14. The second-order valence-electron chi connectivity index (χ2n) is 3.11. The molecule has 0 aliphatic rings. The topological polar surface area (TPSA) is 80.9 Å². The molecule has 1 amide bonds. The molecule has 16 heavy (non-hydrogen) atoms. The maximum Gasteiger partial charge on any atom is 0.277 e. The number of nitrogens with two attached hydrogens (primary N) is 1. The molecule has 5 nitrogen and oxygen atoms in total. The molecule has 3 N–H and O–H groups in total. The van der Waals surface area contributed by atoms with Crippen molar-refractivity contribution in [3.05, 3.63) is 48.4 Å². The van der Waals surface area contributed by atoms with E-state index < -0.39 is 0 Å². The summed E-state index contributed by atoms with van der Waals surface area (Å²) in [6.45, 7) is 0. The van der Waals surface area contributed by atoms with Crippen LogP contribution in [0, 0.1) is 0 Å².